The number of hydrogen-bond donors (Lipinski definition) is 1. The van der Waals surface area contributed by atoms with Crippen molar-refractivity contribution < 1.29 is 23.8 Å². The molecule has 4 bridgehead atoms. The molecule has 0 amide bonds. The van der Waals surface area contributed by atoms with Crippen molar-refractivity contribution >= 4 is 17.9 Å². The second-order valence-electron chi connectivity index (χ2n) is 8.74. The maximum atomic E-state index is 13.5. The molecule has 4 fully saturated rings. The van der Waals surface area contributed by atoms with E-state index in [4.69, 9.17) is 14.2 Å². The Hall–Kier alpha value is -2.38. The summed E-state index contributed by atoms with van der Waals surface area (Å²) in [6, 6.07) is 5.89. The summed E-state index contributed by atoms with van der Waals surface area (Å²) in [7, 11) is 3.00. The summed E-state index contributed by atoms with van der Waals surface area (Å²) in [6.07, 6.45) is 4.01. The number of para-hydroxylation sites is 1. The minimum atomic E-state index is -1.36. The molecule has 6 rings (SSSR count). The molecule has 1 aromatic rings. The summed E-state index contributed by atoms with van der Waals surface area (Å²) >= 11 is 0. The minimum absolute atomic E-state index is 0.0739. The Morgan fingerprint density at radius 2 is 2.21 bits per heavy atom. The Balaban J connectivity index is 1.74. The number of methoxy groups -OCH3 is 2. The molecule has 5 aliphatic rings. The number of piperidine rings is 2. The van der Waals surface area contributed by atoms with Crippen molar-refractivity contribution in [3.63, 3.8) is 0 Å². The van der Waals surface area contributed by atoms with Crippen molar-refractivity contribution in [1.29, 1.82) is 0 Å². The van der Waals surface area contributed by atoms with Gasteiger partial charge in [-0.2, -0.15) is 0 Å². The molecule has 1 aliphatic carbocycles. The van der Waals surface area contributed by atoms with E-state index < -0.39 is 22.5 Å². The highest BCUT2D eigenvalue weighted by molar-refractivity contribution is 5.99. The van der Waals surface area contributed by atoms with Gasteiger partial charge in [-0.1, -0.05) is 23.8 Å². The summed E-state index contributed by atoms with van der Waals surface area (Å²) in [6.45, 7) is 2.69. The molecule has 29 heavy (non-hydrogen) atoms. The van der Waals surface area contributed by atoms with Gasteiger partial charge < -0.3 is 24.3 Å². The predicted octanol–water partition coefficient (Wildman–Crippen LogP) is 1.82. The molecule has 1 N–H and O–H groups in total. The molecule has 152 valence electrons. The molecule has 1 saturated carbocycles. The van der Waals surface area contributed by atoms with Gasteiger partial charge in [-0.25, -0.2) is 0 Å². The Labute approximate surface area is 169 Å². The SMILES string of the molecule is C/C=C1/CN2C3CC45c6cccc(OC)c6NC4(O3)C2CC1C5(C=O)C(=O)OC. The molecule has 7 heteroatoms. The number of aldehydes is 1. The Morgan fingerprint density at radius 1 is 1.38 bits per heavy atom. The zero-order valence-electron chi connectivity index (χ0n) is 16.7. The van der Waals surface area contributed by atoms with Gasteiger partial charge in [-0.15, -0.1) is 0 Å². The van der Waals surface area contributed by atoms with Gasteiger partial charge in [0, 0.05) is 18.9 Å². The largest absolute Gasteiger partial charge is 0.495 e. The lowest BCUT2D eigenvalue weighted by Gasteiger charge is -2.63. The highest BCUT2D eigenvalue weighted by atomic mass is 16.6. The van der Waals surface area contributed by atoms with Gasteiger partial charge in [-0.3, -0.25) is 9.69 Å². The van der Waals surface area contributed by atoms with Crippen LogP contribution in [0.4, 0.5) is 5.69 Å². The first-order chi connectivity index (χ1) is 14.0. The van der Waals surface area contributed by atoms with Crippen LogP contribution in [0.15, 0.2) is 29.8 Å². The number of anilines is 1. The van der Waals surface area contributed by atoms with Crippen LogP contribution in [0.5, 0.6) is 5.75 Å². The summed E-state index contributed by atoms with van der Waals surface area (Å²) in [5, 5.41) is 3.62. The molecule has 4 aliphatic heterocycles. The number of rotatable bonds is 3. The molecular formula is C22H24N2O5. The molecule has 6 unspecified atom stereocenters. The van der Waals surface area contributed by atoms with Crippen molar-refractivity contribution in [1.82, 2.24) is 4.90 Å². The van der Waals surface area contributed by atoms with E-state index in [1.54, 1.807) is 7.11 Å². The Bertz CT molecular complexity index is 991. The molecule has 4 heterocycles. The number of carbonyl (C=O) groups excluding carboxylic acids is 2. The summed E-state index contributed by atoms with van der Waals surface area (Å²) < 4.78 is 17.6. The number of allylic oxidation sites excluding steroid dienone is 1. The first-order valence-corrected chi connectivity index (χ1v) is 10.1. The lowest BCUT2D eigenvalue weighted by atomic mass is 9.42. The van der Waals surface area contributed by atoms with E-state index in [-0.39, 0.29) is 18.2 Å². The first kappa shape index (κ1) is 17.5. The third-order valence-electron chi connectivity index (χ3n) is 8.30. The highest BCUT2D eigenvalue weighted by Gasteiger charge is 2.87. The highest BCUT2D eigenvalue weighted by Crippen LogP contribution is 2.76. The average molecular weight is 396 g/mol. The van der Waals surface area contributed by atoms with Gasteiger partial charge in [0.15, 0.2) is 5.72 Å². The van der Waals surface area contributed by atoms with Gasteiger partial charge in [0.2, 0.25) is 0 Å². The third kappa shape index (κ3) is 1.50. The first-order valence-electron chi connectivity index (χ1n) is 10.1. The van der Waals surface area contributed by atoms with Crippen LogP contribution in [0.3, 0.4) is 0 Å². The number of carbonyl (C=O) groups is 2. The number of nitrogens with zero attached hydrogens (tertiary/aromatic N) is 1. The smallest absolute Gasteiger partial charge is 0.320 e. The number of esters is 1. The molecule has 0 radical (unpaired) electrons. The fourth-order valence-electron chi connectivity index (χ4n) is 7.35. The van der Waals surface area contributed by atoms with Crippen LogP contribution in [-0.2, 0) is 24.5 Å². The van der Waals surface area contributed by atoms with Crippen LogP contribution in [0.1, 0.15) is 25.3 Å². The van der Waals surface area contributed by atoms with Crippen LogP contribution < -0.4 is 10.1 Å². The zero-order valence-corrected chi connectivity index (χ0v) is 16.7. The molecule has 3 saturated heterocycles. The van der Waals surface area contributed by atoms with Crippen molar-refractivity contribution in [2.45, 2.75) is 43.2 Å². The lowest BCUT2D eigenvalue weighted by Crippen LogP contribution is -2.78. The third-order valence-corrected chi connectivity index (χ3v) is 8.30. The maximum absolute atomic E-state index is 13.5. The van der Waals surface area contributed by atoms with Gasteiger partial charge >= 0.3 is 5.97 Å². The minimum Gasteiger partial charge on any atom is -0.495 e. The van der Waals surface area contributed by atoms with Crippen LogP contribution in [0.2, 0.25) is 0 Å². The van der Waals surface area contributed by atoms with Gasteiger partial charge in [0.05, 0.1) is 31.4 Å². The van der Waals surface area contributed by atoms with E-state index in [1.807, 2.05) is 25.1 Å². The number of benzene rings is 1. The zero-order chi connectivity index (χ0) is 20.2. The van der Waals surface area contributed by atoms with E-state index in [2.05, 4.69) is 16.3 Å². The second kappa shape index (κ2) is 5.21. The van der Waals surface area contributed by atoms with Crippen LogP contribution >= 0.6 is 0 Å². The van der Waals surface area contributed by atoms with Crippen molar-refractivity contribution in [3.05, 3.63) is 35.4 Å². The van der Waals surface area contributed by atoms with Crippen molar-refractivity contribution in [2.75, 3.05) is 26.1 Å². The lowest BCUT2D eigenvalue weighted by molar-refractivity contribution is -0.182. The van der Waals surface area contributed by atoms with E-state index >= 15 is 0 Å². The van der Waals surface area contributed by atoms with Crippen LogP contribution in [0, 0.1) is 11.3 Å². The van der Waals surface area contributed by atoms with Crippen LogP contribution in [-0.4, -0.2) is 55.9 Å². The second-order valence-corrected chi connectivity index (χ2v) is 8.74. The fourth-order valence-corrected chi connectivity index (χ4v) is 7.35. The molecule has 0 aromatic heterocycles. The van der Waals surface area contributed by atoms with Gasteiger partial charge in [-0.05, 0) is 25.0 Å². The number of ether oxygens (including phenoxy) is 3. The van der Waals surface area contributed by atoms with Gasteiger partial charge in [0.1, 0.15) is 23.7 Å². The normalized spacial score (nSPS) is 44.4. The Morgan fingerprint density at radius 3 is 2.90 bits per heavy atom. The molecular weight excluding hydrogens is 372 g/mol. The summed E-state index contributed by atoms with van der Waals surface area (Å²) in [5.74, 6) is 0.00166. The predicted molar refractivity (Wildman–Crippen MR) is 103 cm³/mol. The van der Waals surface area contributed by atoms with E-state index in [9.17, 15) is 9.59 Å². The van der Waals surface area contributed by atoms with E-state index in [1.165, 1.54) is 7.11 Å². The molecule has 1 spiro atoms. The van der Waals surface area contributed by atoms with E-state index in [0.29, 0.717) is 25.1 Å². The van der Waals surface area contributed by atoms with Crippen molar-refractivity contribution in [3.8, 4) is 5.75 Å². The van der Waals surface area contributed by atoms with Gasteiger partial charge in [0.25, 0.3) is 0 Å². The quantitative estimate of drug-likeness (QED) is 0.361. The number of fused-ring (bicyclic) bond motifs is 4. The van der Waals surface area contributed by atoms with E-state index in [0.717, 1.165) is 23.1 Å². The topological polar surface area (TPSA) is 77.1 Å². The molecule has 1 aromatic carbocycles. The standard InChI is InChI=1S/C22H24N2O5/c1-4-12-10-24-16-8-14(12)20(11-25,19(26)28-3)21-9-17(24)29-22(16,21)23-18-13(21)6-5-7-15(18)27-2/h4-7,11,14,16-17,23H,8-10H2,1-3H3/b12-4-. The number of nitrogens with one attached hydrogen (secondary N) is 1. The monoisotopic (exact) mass is 396 g/mol. The number of hydrogen-bond acceptors (Lipinski definition) is 7. The summed E-state index contributed by atoms with van der Waals surface area (Å²) in [4.78, 5) is 28.9. The fraction of sp³-hybridized carbons (Fsp3) is 0.545. The van der Waals surface area contributed by atoms with Crippen molar-refractivity contribution in [2.24, 2.45) is 11.3 Å². The van der Waals surface area contributed by atoms with Crippen LogP contribution in [0.25, 0.3) is 0 Å². The Kier molecular flexibility index (Phi) is 3.14. The molecule has 6 atom stereocenters. The molecule has 7 nitrogen and oxygen atoms in total. The summed E-state index contributed by atoms with van der Waals surface area (Å²) in [5.41, 5.74) is -0.199. The average Bonchev–Trinajstić information content (AvgIpc) is 3.36. The maximum Gasteiger partial charge on any atom is 0.320 e.